The number of hydrogen-bond acceptors (Lipinski definition) is 2. The molecule has 0 heterocycles. The van der Waals surface area contributed by atoms with Crippen molar-refractivity contribution in [2.45, 2.75) is 23.1 Å². The van der Waals surface area contributed by atoms with E-state index < -0.39 is 28.9 Å². The van der Waals surface area contributed by atoms with Crippen molar-refractivity contribution in [3.8, 4) is 0 Å². The lowest BCUT2D eigenvalue weighted by molar-refractivity contribution is 0.332. The van der Waals surface area contributed by atoms with Gasteiger partial charge in [0.1, 0.15) is 0 Å². The molecule has 0 fully saturated rings. The van der Waals surface area contributed by atoms with Crippen molar-refractivity contribution in [3.63, 3.8) is 0 Å². The molecule has 0 bridgehead atoms. The van der Waals surface area contributed by atoms with Gasteiger partial charge in [0.15, 0.2) is 0 Å². The predicted octanol–water partition coefficient (Wildman–Crippen LogP) is 1.09. The molecule has 0 aliphatic rings. The summed E-state index contributed by atoms with van der Waals surface area (Å²) in [6, 6.07) is 0. The highest BCUT2D eigenvalue weighted by Gasteiger charge is 2.03. The molecule has 0 aliphatic heterocycles. The van der Waals surface area contributed by atoms with Crippen LogP contribution in [0.4, 0.5) is 0 Å². The summed E-state index contributed by atoms with van der Waals surface area (Å²) in [5.74, 6) is 8.97. The Morgan fingerprint density at radius 1 is 1.20 bits per heavy atom. The monoisotopic (exact) mass is 173 g/mol. The van der Waals surface area contributed by atoms with Crippen LogP contribution in [-0.2, 0) is 3.79 Å². The van der Waals surface area contributed by atoms with Gasteiger partial charge in [-0.2, -0.15) is 0 Å². The Morgan fingerprint density at radius 3 is 2.20 bits per heavy atom. The SMILES string of the molecule is [CH3][Al]([CH3])[NH]CC[O][Al]([CH3])[CH3]. The van der Waals surface area contributed by atoms with Crippen molar-refractivity contribution in [1.82, 2.24) is 4.30 Å². The van der Waals surface area contributed by atoms with E-state index in [9.17, 15) is 0 Å². The van der Waals surface area contributed by atoms with Gasteiger partial charge in [0, 0.05) is 6.61 Å². The molecule has 58 valence electrons. The highest BCUT2D eigenvalue weighted by molar-refractivity contribution is 6.52. The minimum atomic E-state index is -0.758. The first kappa shape index (κ1) is 11.0. The lowest BCUT2D eigenvalue weighted by Crippen LogP contribution is -2.31. The molecule has 0 saturated heterocycles. The first-order valence-corrected chi connectivity index (χ1v) is 9.64. The smallest absolute Gasteiger partial charge is 0.454 e. The maximum absolute atomic E-state index is 5.49. The first-order chi connectivity index (χ1) is 4.63. The van der Waals surface area contributed by atoms with Crippen LogP contribution in [0, 0.1) is 0 Å². The minimum absolute atomic E-state index is 0.548. The van der Waals surface area contributed by atoms with E-state index in [-0.39, 0.29) is 0 Å². The van der Waals surface area contributed by atoms with Gasteiger partial charge in [-0.05, 0) is 6.54 Å². The summed E-state index contributed by atoms with van der Waals surface area (Å²) in [6.45, 7) is 1.96. The molecule has 4 heteroatoms. The normalized spacial score (nSPS) is 9.60. The van der Waals surface area contributed by atoms with E-state index in [0.29, 0.717) is 0 Å². The van der Waals surface area contributed by atoms with Crippen LogP contribution in [0.3, 0.4) is 0 Å². The van der Waals surface area contributed by atoms with Crippen LogP contribution in [0.25, 0.3) is 0 Å². The molecule has 0 aromatic rings. The first-order valence-electron chi connectivity index (χ1n) is 3.98. The molecule has 0 aliphatic carbocycles. The average molecular weight is 173 g/mol. The van der Waals surface area contributed by atoms with E-state index in [1.165, 1.54) is 0 Å². The fourth-order valence-electron chi connectivity index (χ4n) is 0.642. The van der Waals surface area contributed by atoms with Crippen molar-refractivity contribution < 1.29 is 3.79 Å². The van der Waals surface area contributed by atoms with Gasteiger partial charge in [0.2, 0.25) is 0 Å². The molecule has 0 saturated carbocycles. The van der Waals surface area contributed by atoms with Gasteiger partial charge >= 0.3 is 28.9 Å². The van der Waals surface area contributed by atoms with Gasteiger partial charge in [-0.3, -0.25) is 0 Å². The van der Waals surface area contributed by atoms with Gasteiger partial charge < -0.3 is 8.09 Å². The highest BCUT2D eigenvalue weighted by Crippen LogP contribution is 1.81. The summed E-state index contributed by atoms with van der Waals surface area (Å²) >= 11 is -1.31. The Hall–Kier alpha value is 0.985. The quantitative estimate of drug-likeness (QED) is 0.496. The zero-order chi connectivity index (χ0) is 7.98. The second-order valence-electron chi connectivity index (χ2n) is 3.03. The summed E-state index contributed by atoms with van der Waals surface area (Å²) in [4.78, 5) is 0. The molecule has 0 unspecified atom stereocenters. The number of nitrogens with one attached hydrogen (secondary N) is 1. The maximum Gasteiger partial charge on any atom is 0.454 e. The minimum Gasteiger partial charge on any atom is -0.500 e. The third-order valence-corrected chi connectivity index (χ3v) is 3.11. The van der Waals surface area contributed by atoms with Crippen LogP contribution >= 0.6 is 0 Å². The molecule has 0 rings (SSSR count). The average Bonchev–Trinajstić information content (AvgIpc) is 1.79. The lowest BCUT2D eigenvalue weighted by Gasteiger charge is -2.06. The second-order valence-corrected chi connectivity index (χ2v) is 8.18. The van der Waals surface area contributed by atoms with Crippen LogP contribution in [0.1, 0.15) is 0 Å². The van der Waals surface area contributed by atoms with E-state index >= 15 is 0 Å². The Bertz CT molecular complexity index is 68.1. The van der Waals surface area contributed by atoms with Crippen LogP contribution in [0.2, 0.25) is 23.1 Å². The van der Waals surface area contributed by atoms with Gasteiger partial charge in [0.25, 0.3) is 0 Å². The van der Waals surface area contributed by atoms with Crippen LogP contribution in [-0.4, -0.2) is 42.0 Å². The van der Waals surface area contributed by atoms with Crippen molar-refractivity contribution in [2.24, 2.45) is 0 Å². The standard InChI is InChI=1S/C2H5NO.4CH3.2Al/c3-1-2-4;;;;;;/h3H,1-2H2;4*1H3;;/q-2;;;;;2*+1. The molecule has 0 amide bonds. The Morgan fingerprint density at radius 2 is 1.80 bits per heavy atom. The zero-order valence-corrected chi connectivity index (χ0v) is 9.79. The summed E-state index contributed by atoms with van der Waals surface area (Å²) in [5.41, 5.74) is 0. The van der Waals surface area contributed by atoms with E-state index in [2.05, 4.69) is 27.4 Å². The van der Waals surface area contributed by atoms with Gasteiger partial charge in [0.05, 0.1) is 0 Å². The molecule has 0 spiro atoms. The summed E-state index contributed by atoms with van der Waals surface area (Å²) in [7, 11) is 0. The largest absolute Gasteiger partial charge is 0.500 e. The van der Waals surface area contributed by atoms with E-state index in [4.69, 9.17) is 3.79 Å². The summed E-state index contributed by atoms with van der Waals surface area (Å²) < 4.78 is 8.93. The van der Waals surface area contributed by atoms with Crippen LogP contribution in [0.5, 0.6) is 0 Å². The number of hydrogen-bond donors (Lipinski definition) is 1. The van der Waals surface area contributed by atoms with Gasteiger partial charge in [-0.15, -0.1) is 0 Å². The highest BCUT2D eigenvalue weighted by atomic mass is 27.2. The summed E-state index contributed by atoms with van der Waals surface area (Å²) in [6.07, 6.45) is 0. The molecular formula is C6H17Al2NO. The Balaban J connectivity index is 2.91. The molecule has 0 aromatic heterocycles. The molecule has 10 heavy (non-hydrogen) atoms. The summed E-state index contributed by atoms with van der Waals surface area (Å²) in [5, 5.41) is 0. The van der Waals surface area contributed by atoms with Gasteiger partial charge in [-0.25, -0.2) is 0 Å². The number of rotatable bonds is 5. The molecule has 1 N–H and O–H groups in total. The third-order valence-electron chi connectivity index (χ3n) is 1.11. The van der Waals surface area contributed by atoms with Crippen molar-refractivity contribution in [1.29, 1.82) is 0 Å². The Labute approximate surface area is 73.3 Å². The molecule has 0 aromatic carbocycles. The molecule has 0 atom stereocenters. The van der Waals surface area contributed by atoms with E-state index in [1.54, 1.807) is 0 Å². The zero-order valence-electron chi connectivity index (χ0n) is 7.48. The van der Waals surface area contributed by atoms with Crippen LogP contribution < -0.4 is 4.30 Å². The fraction of sp³-hybridized carbons (Fsp3) is 1.00. The second kappa shape index (κ2) is 6.68. The maximum atomic E-state index is 5.49. The van der Waals surface area contributed by atoms with Crippen molar-refractivity contribution in [2.75, 3.05) is 13.2 Å². The third kappa shape index (κ3) is 8.98. The topological polar surface area (TPSA) is 21.3 Å². The lowest BCUT2D eigenvalue weighted by atomic mass is 10.8. The molecular weight excluding hydrogens is 156 g/mol. The fourth-order valence-corrected chi connectivity index (χ4v) is 1.93. The van der Waals surface area contributed by atoms with Crippen molar-refractivity contribution >= 4 is 28.9 Å². The van der Waals surface area contributed by atoms with Crippen LogP contribution in [0.15, 0.2) is 0 Å². The van der Waals surface area contributed by atoms with E-state index in [1.807, 2.05) is 0 Å². The molecule has 0 radical (unpaired) electrons. The van der Waals surface area contributed by atoms with Crippen molar-refractivity contribution in [3.05, 3.63) is 0 Å². The predicted molar refractivity (Wildman–Crippen MR) is 48.9 cm³/mol. The Kier molecular flexibility index (Phi) is 7.34. The molecule has 2 nitrogen and oxygen atoms in total. The van der Waals surface area contributed by atoms with Gasteiger partial charge in [-0.1, -0.05) is 23.1 Å². The van der Waals surface area contributed by atoms with E-state index in [0.717, 1.165) is 13.2 Å².